The maximum atomic E-state index is 15.4. The van der Waals surface area contributed by atoms with E-state index in [1.165, 1.54) is 24.5 Å². The van der Waals surface area contributed by atoms with E-state index in [1.54, 1.807) is 11.0 Å². The van der Waals surface area contributed by atoms with E-state index in [1.807, 2.05) is 4.90 Å². The van der Waals surface area contributed by atoms with Gasteiger partial charge in [0.15, 0.2) is 11.6 Å². The summed E-state index contributed by atoms with van der Waals surface area (Å²) < 4.78 is 57.2. The summed E-state index contributed by atoms with van der Waals surface area (Å²) in [5.41, 5.74) is 5.80. The number of anilines is 2. The number of nitrogens with two attached hydrogens (primary N) is 1. The fraction of sp³-hybridized carbons (Fsp3) is 0.522. The van der Waals surface area contributed by atoms with Crippen molar-refractivity contribution >= 4 is 17.5 Å². The first-order valence-electron chi connectivity index (χ1n) is 11.5. The normalized spacial score (nSPS) is 17.3. The number of benzene rings is 1. The number of primary amides is 1. The Bertz CT molecular complexity index is 1030. The number of nitrogens with zero attached hydrogens (tertiary/aromatic N) is 4. The van der Waals surface area contributed by atoms with Gasteiger partial charge < -0.3 is 20.7 Å². The van der Waals surface area contributed by atoms with Gasteiger partial charge in [0.1, 0.15) is 12.1 Å². The maximum absolute atomic E-state index is 15.4. The molecule has 12 heteroatoms. The zero-order chi connectivity index (χ0) is 25.0. The van der Waals surface area contributed by atoms with Gasteiger partial charge in [-0.15, -0.1) is 13.2 Å². The molecule has 1 aromatic heterocycles. The molecule has 0 unspecified atom stereocenters. The maximum Gasteiger partial charge on any atom is 0.573 e. The Morgan fingerprint density at radius 1 is 1.20 bits per heavy atom. The summed E-state index contributed by atoms with van der Waals surface area (Å²) in [6.07, 6.45) is -0.111. The van der Waals surface area contributed by atoms with E-state index in [9.17, 15) is 18.0 Å². The Morgan fingerprint density at radius 3 is 2.60 bits per heavy atom. The van der Waals surface area contributed by atoms with Gasteiger partial charge in [-0.05, 0) is 62.4 Å². The van der Waals surface area contributed by atoms with Gasteiger partial charge in [0, 0.05) is 19.1 Å². The standard InChI is InChI=1S/C23H28F4N6O2/c24-20-21(29-11-15-6-8-32(9-7-15)13-19(28)34)30-14-31-22(20)33(17-4-5-17)12-16-2-1-3-18(10-16)35-23(25,26)27/h1-3,10,14-15,17H,4-9,11-13H2,(H2,28,34)(H,29,30,31). The fourth-order valence-electron chi connectivity index (χ4n) is 4.29. The third kappa shape index (κ3) is 7.17. The topological polar surface area (TPSA) is 96.6 Å². The number of alkyl halides is 3. The zero-order valence-corrected chi connectivity index (χ0v) is 19.1. The monoisotopic (exact) mass is 496 g/mol. The minimum Gasteiger partial charge on any atom is -0.406 e. The molecular formula is C23H28F4N6O2. The van der Waals surface area contributed by atoms with Gasteiger partial charge in [0.2, 0.25) is 11.7 Å². The van der Waals surface area contributed by atoms with Crippen molar-refractivity contribution in [1.82, 2.24) is 14.9 Å². The molecule has 8 nitrogen and oxygen atoms in total. The van der Waals surface area contributed by atoms with Gasteiger partial charge in [0.05, 0.1) is 6.54 Å². The fourth-order valence-corrected chi connectivity index (χ4v) is 4.29. The van der Waals surface area contributed by atoms with E-state index in [0.717, 1.165) is 38.8 Å². The first kappa shape index (κ1) is 25.0. The smallest absolute Gasteiger partial charge is 0.406 e. The summed E-state index contributed by atoms with van der Waals surface area (Å²) in [6, 6.07) is 5.71. The van der Waals surface area contributed by atoms with Crippen molar-refractivity contribution in [3.8, 4) is 5.75 Å². The molecular weight excluding hydrogens is 468 g/mol. The minimum absolute atomic E-state index is 0.0500. The van der Waals surface area contributed by atoms with Crippen LogP contribution in [0.2, 0.25) is 0 Å². The van der Waals surface area contributed by atoms with Crippen LogP contribution in [0.25, 0.3) is 0 Å². The van der Waals surface area contributed by atoms with Gasteiger partial charge in [-0.2, -0.15) is 4.39 Å². The first-order chi connectivity index (χ1) is 16.7. The van der Waals surface area contributed by atoms with Crippen molar-refractivity contribution in [2.75, 3.05) is 36.4 Å². The SMILES string of the molecule is NC(=O)CN1CCC(CNc2ncnc(N(Cc3cccc(OC(F)(F)F)c3)C3CC3)c2F)CC1. The number of likely N-dealkylation sites (tertiary alicyclic amines) is 1. The molecule has 0 bridgehead atoms. The third-order valence-corrected chi connectivity index (χ3v) is 6.16. The Morgan fingerprint density at radius 2 is 1.94 bits per heavy atom. The van der Waals surface area contributed by atoms with Crippen LogP contribution in [-0.4, -0.2) is 59.4 Å². The molecule has 1 aromatic carbocycles. The summed E-state index contributed by atoms with van der Waals surface area (Å²) in [5.74, 6) is -0.756. The molecule has 2 heterocycles. The lowest BCUT2D eigenvalue weighted by molar-refractivity contribution is -0.274. The molecule has 1 saturated carbocycles. The Hall–Kier alpha value is -3.15. The lowest BCUT2D eigenvalue weighted by Gasteiger charge is -2.31. The summed E-state index contributed by atoms with van der Waals surface area (Å²) in [4.78, 5) is 23.1. The largest absolute Gasteiger partial charge is 0.573 e. The number of hydrogen-bond acceptors (Lipinski definition) is 7. The van der Waals surface area contributed by atoms with Crippen molar-refractivity contribution in [2.24, 2.45) is 11.7 Å². The van der Waals surface area contributed by atoms with E-state index in [4.69, 9.17) is 5.73 Å². The van der Waals surface area contributed by atoms with Gasteiger partial charge in [-0.1, -0.05) is 12.1 Å². The van der Waals surface area contributed by atoms with E-state index in [0.29, 0.717) is 18.0 Å². The summed E-state index contributed by atoms with van der Waals surface area (Å²) in [5, 5.41) is 3.08. The zero-order valence-electron chi connectivity index (χ0n) is 19.1. The highest BCUT2D eigenvalue weighted by Crippen LogP contribution is 2.35. The van der Waals surface area contributed by atoms with Crippen LogP contribution < -0.4 is 20.7 Å². The molecule has 1 amide bonds. The van der Waals surface area contributed by atoms with Crippen LogP contribution in [0.4, 0.5) is 29.2 Å². The second-order valence-corrected chi connectivity index (χ2v) is 8.98. The second-order valence-electron chi connectivity index (χ2n) is 8.98. The summed E-state index contributed by atoms with van der Waals surface area (Å²) in [7, 11) is 0. The van der Waals surface area contributed by atoms with E-state index in [-0.39, 0.29) is 42.4 Å². The average Bonchev–Trinajstić information content (AvgIpc) is 3.62. The molecule has 35 heavy (non-hydrogen) atoms. The van der Waals surface area contributed by atoms with E-state index in [2.05, 4.69) is 20.0 Å². The molecule has 2 aromatic rings. The number of amides is 1. The van der Waals surface area contributed by atoms with E-state index >= 15 is 4.39 Å². The lowest BCUT2D eigenvalue weighted by atomic mass is 9.97. The quantitative estimate of drug-likeness (QED) is 0.488. The number of nitrogens with one attached hydrogen (secondary N) is 1. The highest BCUT2D eigenvalue weighted by Gasteiger charge is 2.34. The number of aromatic nitrogens is 2. The molecule has 2 fully saturated rings. The molecule has 1 aliphatic carbocycles. The molecule has 3 N–H and O–H groups in total. The van der Waals surface area contributed by atoms with Crippen LogP contribution in [0.1, 0.15) is 31.2 Å². The Kier molecular flexibility index (Phi) is 7.58. The van der Waals surface area contributed by atoms with Crippen LogP contribution in [0.15, 0.2) is 30.6 Å². The summed E-state index contributed by atoms with van der Waals surface area (Å²) >= 11 is 0. The van der Waals surface area contributed by atoms with Gasteiger partial charge in [-0.25, -0.2) is 9.97 Å². The molecule has 0 spiro atoms. The van der Waals surface area contributed by atoms with Crippen LogP contribution in [0, 0.1) is 11.7 Å². The second kappa shape index (κ2) is 10.6. The highest BCUT2D eigenvalue weighted by molar-refractivity contribution is 5.75. The molecule has 190 valence electrons. The number of carbonyl (C=O) groups is 1. The number of carbonyl (C=O) groups excluding carboxylic acids is 1. The minimum atomic E-state index is -4.79. The highest BCUT2D eigenvalue weighted by atomic mass is 19.4. The lowest BCUT2D eigenvalue weighted by Crippen LogP contribution is -2.40. The first-order valence-corrected chi connectivity index (χ1v) is 11.5. The van der Waals surface area contributed by atoms with Crippen molar-refractivity contribution in [2.45, 2.75) is 44.6 Å². The molecule has 0 radical (unpaired) electrons. The van der Waals surface area contributed by atoms with Crippen LogP contribution in [0.3, 0.4) is 0 Å². The molecule has 1 saturated heterocycles. The Balaban J connectivity index is 1.41. The van der Waals surface area contributed by atoms with Crippen molar-refractivity contribution in [3.63, 3.8) is 0 Å². The van der Waals surface area contributed by atoms with Gasteiger partial charge in [0.25, 0.3) is 0 Å². The number of rotatable bonds is 10. The summed E-state index contributed by atoms with van der Waals surface area (Å²) in [6.45, 7) is 2.45. The van der Waals surface area contributed by atoms with Gasteiger partial charge in [-0.3, -0.25) is 9.69 Å². The van der Waals surface area contributed by atoms with Crippen molar-refractivity contribution in [3.05, 3.63) is 42.0 Å². The molecule has 4 rings (SSSR count). The number of piperidine rings is 1. The predicted molar refractivity (Wildman–Crippen MR) is 121 cm³/mol. The van der Waals surface area contributed by atoms with E-state index < -0.39 is 12.2 Å². The number of halogens is 4. The molecule has 2 aliphatic rings. The van der Waals surface area contributed by atoms with Crippen molar-refractivity contribution in [1.29, 1.82) is 0 Å². The predicted octanol–water partition coefficient (Wildman–Crippen LogP) is 3.29. The average molecular weight is 497 g/mol. The number of ether oxygens (including phenoxy) is 1. The van der Waals surface area contributed by atoms with Crippen LogP contribution in [0.5, 0.6) is 5.75 Å². The third-order valence-electron chi connectivity index (χ3n) is 6.16. The van der Waals surface area contributed by atoms with Crippen molar-refractivity contribution < 1.29 is 27.1 Å². The van der Waals surface area contributed by atoms with Crippen LogP contribution in [-0.2, 0) is 11.3 Å². The number of hydrogen-bond donors (Lipinski definition) is 2. The van der Waals surface area contributed by atoms with Crippen LogP contribution >= 0.6 is 0 Å². The molecule has 1 aliphatic heterocycles. The molecule has 0 atom stereocenters. The van der Waals surface area contributed by atoms with Gasteiger partial charge >= 0.3 is 6.36 Å². The Labute approximate surface area is 200 Å².